The molecule has 0 aliphatic carbocycles. The fourth-order valence-electron chi connectivity index (χ4n) is 1.60. The van der Waals surface area contributed by atoms with Crippen LogP contribution in [0.25, 0.3) is 0 Å². The highest BCUT2D eigenvalue weighted by Gasteiger charge is 2.15. The molecule has 1 atom stereocenters. The molecular formula is C14H22O4S. The Morgan fingerprint density at radius 1 is 1.21 bits per heavy atom. The SMILES string of the molecule is CCS(=O)(=O)C[C@@H](O)COc1ccc(C(C)C)cc1. The van der Waals surface area contributed by atoms with E-state index in [9.17, 15) is 13.5 Å². The molecule has 19 heavy (non-hydrogen) atoms. The van der Waals surface area contributed by atoms with Crippen LogP contribution >= 0.6 is 0 Å². The molecule has 0 spiro atoms. The molecule has 0 aliphatic rings. The fraction of sp³-hybridized carbons (Fsp3) is 0.571. The first-order valence-electron chi connectivity index (χ1n) is 6.45. The van der Waals surface area contributed by atoms with Gasteiger partial charge in [-0.3, -0.25) is 0 Å². The van der Waals surface area contributed by atoms with Gasteiger partial charge in [-0.15, -0.1) is 0 Å². The molecule has 0 bridgehead atoms. The molecule has 0 unspecified atom stereocenters. The van der Waals surface area contributed by atoms with Crippen molar-refractivity contribution in [3.63, 3.8) is 0 Å². The Balaban J connectivity index is 2.48. The number of ether oxygens (including phenoxy) is 1. The van der Waals surface area contributed by atoms with Crippen LogP contribution in [0.2, 0.25) is 0 Å². The fourth-order valence-corrected chi connectivity index (χ4v) is 2.52. The van der Waals surface area contributed by atoms with Crippen LogP contribution in [0.1, 0.15) is 32.3 Å². The maximum atomic E-state index is 11.3. The number of sulfone groups is 1. The maximum absolute atomic E-state index is 11.3. The standard InChI is InChI=1S/C14H22O4S/c1-4-19(16,17)10-13(15)9-18-14-7-5-12(6-8-14)11(2)3/h5-8,11,13,15H,4,9-10H2,1-3H3/t13-/m0/s1. The Kier molecular flexibility index (Phi) is 5.82. The summed E-state index contributed by atoms with van der Waals surface area (Å²) in [7, 11) is -3.17. The molecule has 0 amide bonds. The second-order valence-corrected chi connectivity index (χ2v) is 7.29. The number of aliphatic hydroxyl groups excluding tert-OH is 1. The van der Waals surface area contributed by atoms with Crippen LogP contribution in [-0.2, 0) is 9.84 Å². The van der Waals surface area contributed by atoms with Gasteiger partial charge in [-0.05, 0) is 23.6 Å². The van der Waals surface area contributed by atoms with Crippen molar-refractivity contribution in [2.75, 3.05) is 18.1 Å². The van der Waals surface area contributed by atoms with Crippen molar-refractivity contribution < 1.29 is 18.3 Å². The summed E-state index contributed by atoms with van der Waals surface area (Å²) in [4.78, 5) is 0. The third kappa shape index (κ3) is 5.61. The van der Waals surface area contributed by atoms with E-state index in [-0.39, 0.29) is 18.1 Å². The van der Waals surface area contributed by atoms with Crippen LogP contribution in [0.5, 0.6) is 5.75 Å². The first-order valence-corrected chi connectivity index (χ1v) is 8.27. The first-order chi connectivity index (χ1) is 8.84. The van der Waals surface area contributed by atoms with Gasteiger partial charge in [0.2, 0.25) is 0 Å². The Hall–Kier alpha value is -1.07. The Labute approximate surface area is 115 Å². The number of rotatable bonds is 7. The topological polar surface area (TPSA) is 63.6 Å². The lowest BCUT2D eigenvalue weighted by Gasteiger charge is -2.13. The summed E-state index contributed by atoms with van der Waals surface area (Å²) in [6.45, 7) is 5.76. The van der Waals surface area contributed by atoms with Gasteiger partial charge in [-0.25, -0.2) is 8.42 Å². The summed E-state index contributed by atoms with van der Waals surface area (Å²) in [5.41, 5.74) is 1.21. The van der Waals surface area contributed by atoms with E-state index in [0.717, 1.165) is 0 Å². The second-order valence-electron chi connectivity index (χ2n) is 4.89. The van der Waals surface area contributed by atoms with Gasteiger partial charge < -0.3 is 9.84 Å². The molecule has 0 fully saturated rings. The lowest BCUT2D eigenvalue weighted by Crippen LogP contribution is -2.27. The van der Waals surface area contributed by atoms with Crippen LogP contribution in [0, 0.1) is 0 Å². The van der Waals surface area contributed by atoms with E-state index >= 15 is 0 Å². The number of benzene rings is 1. The molecule has 1 aromatic rings. The zero-order valence-electron chi connectivity index (χ0n) is 11.7. The minimum Gasteiger partial charge on any atom is -0.491 e. The highest BCUT2D eigenvalue weighted by molar-refractivity contribution is 7.91. The molecule has 1 rings (SSSR count). The van der Waals surface area contributed by atoms with Crippen molar-refractivity contribution in [3.05, 3.63) is 29.8 Å². The molecule has 4 nitrogen and oxygen atoms in total. The summed E-state index contributed by atoms with van der Waals surface area (Å²) < 4.78 is 28.0. The van der Waals surface area contributed by atoms with E-state index in [2.05, 4.69) is 13.8 Å². The largest absolute Gasteiger partial charge is 0.491 e. The molecular weight excluding hydrogens is 264 g/mol. The minimum absolute atomic E-state index is 0.0136. The van der Waals surface area contributed by atoms with Gasteiger partial charge in [-0.1, -0.05) is 32.9 Å². The molecule has 0 radical (unpaired) electrons. The van der Waals surface area contributed by atoms with Crippen LogP contribution in [-0.4, -0.2) is 37.7 Å². The summed E-state index contributed by atoms with van der Waals surface area (Å²) in [5.74, 6) is 0.868. The van der Waals surface area contributed by atoms with Crippen molar-refractivity contribution >= 4 is 9.84 Å². The van der Waals surface area contributed by atoms with E-state index in [1.165, 1.54) is 5.56 Å². The van der Waals surface area contributed by atoms with E-state index in [1.807, 2.05) is 24.3 Å². The van der Waals surface area contributed by atoms with Crippen LogP contribution in [0.3, 0.4) is 0 Å². The van der Waals surface area contributed by atoms with Crippen molar-refractivity contribution in [3.8, 4) is 5.75 Å². The van der Waals surface area contributed by atoms with Crippen molar-refractivity contribution in [2.24, 2.45) is 0 Å². The molecule has 0 saturated heterocycles. The summed E-state index contributed by atoms with van der Waals surface area (Å²) >= 11 is 0. The van der Waals surface area contributed by atoms with Gasteiger partial charge >= 0.3 is 0 Å². The monoisotopic (exact) mass is 286 g/mol. The van der Waals surface area contributed by atoms with Gasteiger partial charge in [-0.2, -0.15) is 0 Å². The number of hydrogen-bond acceptors (Lipinski definition) is 4. The predicted molar refractivity (Wildman–Crippen MR) is 76.4 cm³/mol. The zero-order chi connectivity index (χ0) is 14.5. The normalized spacial score (nSPS) is 13.5. The van der Waals surface area contributed by atoms with Gasteiger partial charge in [0.05, 0.1) is 5.75 Å². The van der Waals surface area contributed by atoms with E-state index in [4.69, 9.17) is 4.74 Å². The summed E-state index contributed by atoms with van der Waals surface area (Å²) in [6.07, 6.45) is -0.991. The van der Waals surface area contributed by atoms with Crippen LogP contribution in [0.15, 0.2) is 24.3 Å². The van der Waals surface area contributed by atoms with Crippen molar-refractivity contribution in [1.82, 2.24) is 0 Å². The third-order valence-electron chi connectivity index (χ3n) is 2.88. The molecule has 1 aromatic carbocycles. The van der Waals surface area contributed by atoms with Crippen LogP contribution < -0.4 is 4.74 Å². The average Bonchev–Trinajstić information content (AvgIpc) is 2.36. The lowest BCUT2D eigenvalue weighted by molar-refractivity contribution is 0.125. The van der Waals surface area contributed by atoms with E-state index in [1.54, 1.807) is 6.92 Å². The van der Waals surface area contributed by atoms with Gasteiger partial charge in [0.1, 0.15) is 18.5 Å². The van der Waals surface area contributed by atoms with E-state index in [0.29, 0.717) is 11.7 Å². The minimum atomic E-state index is -3.17. The number of aliphatic hydroxyl groups is 1. The van der Waals surface area contributed by atoms with Crippen LogP contribution in [0.4, 0.5) is 0 Å². The van der Waals surface area contributed by atoms with Gasteiger partial charge in [0.25, 0.3) is 0 Å². The Morgan fingerprint density at radius 3 is 2.26 bits per heavy atom. The van der Waals surface area contributed by atoms with E-state index < -0.39 is 15.9 Å². The smallest absolute Gasteiger partial charge is 0.152 e. The highest BCUT2D eigenvalue weighted by atomic mass is 32.2. The molecule has 5 heteroatoms. The number of hydrogen-bond donors (Lipinski definition) is 1. The summed E-state index contributed by atoms with van der Waals surface area (Å²) in [5, 5.41) is 9.62. The van der Waals surface area contributed by atoms with Crippen molar-refractivity contribution in [2.45, 2.75) is 32.8 Å². The zero-order valence-corrected chi connectivity index (χ0v) is 12.5. The van der Waals surface area contributed by atoms with Gasteiger partial charge in [0.15, 0.2) is 9.84 Å². The lowest BCUT2D eigenvalue weighted by atomic mass is 10.0. The molecule has 1 N–H and O–H groups in total. The quantitative estimate of drug-likeness (QED) is 0.832. The van der Waals surface area contributed by atoms with Crippen molar-refractivity contribution in [1.29, 1.82) is 0 Å². The second kappa shape index (κ2) is 6.91. The summed E-state index contributed by atoms with van der Waals surface area (Å²) in [6, 6.07) is 7.59. The Bertz CT molecular complexity index is 477. The maximum Gasteiger partial charge on any atom is 0.152 e. The van der Waals surface area contributed by atoms with Gasteiger partial charge in [0, 0.05) is 5.75 Å². The molecule has 0 saturated carbocycles. The Morgan fingerprint density at radius 2 is 1.79 bits per heavy atom. The molecule has 0 heterocycles. The molecule has 0 aliphatic heterocycles. The first kappa shape index (κ1) is 16.0. The molecule has 108 valence electrons. The third-order valence-corrected chi connectivity index (χ3v) is 4.65. The highest BCUT2D eigenvalue weighted by Crippen LogP contribution is 2.18. The predicted octanol–water partition coefficient (Wildman–Crippen LogP) is 1.98. The molecule has 0 aromatic heterocycles. The average molecular weight is 286 g/mol.